The second-order valence-corrected chi connectivity index (χ2v) is 2.59. The third kappa shape index (κ3) is 2.88. The highest BCUT2D eigenvalue weighted by molar-refractivity contribution is 5.81. The van der Waals surface area contributed by atoms with Crippen molar-refractivity contribution >= 4 is 5.97 Å². The topological polar surface area (TPSA) is 89.3 Å². The molecule has 0 aliphatic carbocycles. The number of carboxylic acids is 1. The number of aliphatic carboxylic acids is 1. The Morgan fingerprint density at radius 1 is 1.75 bits per heavy atom. The molecule has 0 spiro atoms. The maximum absolute atomic E-state index is 10.7. The molecule has 0 saturated heterocycles. The van der Waals surface area contributed by atoms with Gasteiger partial charge in [0.05, 0.1) is 0 Å². The van der Waals surface area contributed by atoms with Crippen molar-refractivity contribution in [2.45, 2.75) is 18.4 Å². The molecule has 4 nitrogen and oxygen atoms in total. The molecule has 0 amide bonds. The van der Waals surface area contributed by atoms with E-state index in [4.69, 9.17) is 16.6 Å². The van der Waals surface area contributed by atoms with Crippen molar-refractivity contribution < 1.29 is 9.90 Å². The van der Waals surface area contributed by atoms with Gasteiger partial charge in [0.1, 0.15) is 5.54 Å². The molecule has 0 fully saturated rings. The first-order valence-corrected chi connectivity index (χ1v) is 3.66. The Labute approximate surface area is 71.6 Å². The van der Waals surface area contributed by atoms with E-state index in [1.54, 1.807) is 0 Å². The normalized spacial score (nSPS) is 14.5. The fourth-order valence-electron chi connectivity index (χ4n) is 0.818. The predicted molar refractivity (Wildman–Crippen MR) is 46.6 cm³/mol. The molecule has 0 aliphatic heterocycles. The van der Waals surface area contributed by atoms with Crippen molar-refractivity contribution in [1.29, 1.82) is 0 Å². The van der Waals surface area contributed by atoms with E-state index in [1.165, 1.54) is 6.08 Å². The van der Waals surface area contributed by atoms with Crippen LogP contribution in [0.3, 0.4) is 0 Å². The first-order valence-electron chi connectivity index (χ1n) is 3.66. The summed E-state index contributed by atoms with van der Waals surface area (Å²) in [7, 11) is 0. The molecule has 1 atom stereocenters. The molecule has 0 bridgehead atoms. The molecule has 68 valence electrons. The zero-order chi connectivity index (χ0) is 9.61. The summed E-state index contributed by atoms with van der Waals surface area (Å²) in [6, 6.07) is 0. The smallest absolute Gasteiger partial charge is 0.328 e. The Hall–Kier alpha value is -1.09. The van der Waals surface area contributed by atoms with Gasteiger partial charge in [0, 0.05) is 0 Å². The van der Waals surface area contributed by atoms with Crippen LogP contribution >= 0.6 is 0 Å². The van der Waals surface area contributed by atoms with Crippen molar-refractivity contribution in [3.8, 4) is 0 Å². The third-order valence-corrected chi connectivity index (χ3v) is 1.55. The average Bonchev–Trinajstić information content (AvgIpc) is 2.01. The van der Waals surface area contributed by atoms with Gasteiger partial charge < -0.3 is 16.6 Å². The lowest BCUT2D eigenvalue weighted by Gasteiger charge is -2.18. The predicted octanol–water partition coefficient (Wildman–Crippen LogP) is -0.151. The van der Waals surface area contributed by atoms with Gasteiger partial charge in [-0.3, -0.25) is 0 Å². The molecule has 0 aromatic rings. The van der Waals surface area contributed by atoms with E-state index in [0.717, 1.165) is 0 Å². The summed E-state index contributed by atoms with van der Waals surface area (Å²) in [5.41, 5.74) is 11.8. The van der Waals surface area contributed by atoms with Crippen LogP contribution in [0.1, 0.15) is 12.8 Å². The summed E-state index contributed by atoms with van der Waals surface area (Å²) in [4.78, 5) is 10.7. The van der Waals surface area contributed by atoms with Gasteiger partial charge in [0.25, 0.3) is 0 Å². The molecule has 0 heterocycles. The van der Waals surface area contributed by atoms with Crippen LogP contribution in [0.15, 0.2) is 18.4 Å². The standard InChI is InChI=1S/C8H14N2O2/c1-2-4-8(10,7(11)12)5-3-6-9/h4H,1,3,5-6,9-10H2,(H,11,12). The Bertz CT molecular complexity index is 205. The Kier molecular flexibility index (Phi) is 4.29. The van der Waals surface area contributed by atoms with Crippen LogP contribution in [-0.4, -0.2) is 23.2 Å². The second kappa shape index (κ2) is 4.72. The minimum absolute atomic E-state index is 0.307. The molecule has 1 unspecified atom stereocenters. The van der Waals surface area contributed by atoms with Crippen molar-refractivity contribution in [3.63, 3.8) is 0 Å². The Morgan fingerprint density at radius 3 is 2.67 bits per heavy atom. The molecular weight excluding hydrogens is 156 g/mol. The van der Waals surface area contributed by atoms with E-state index < -0.39 is 11.5 Å². The molecule has 5 N–H and O–H groups in total. The van der Waals surface area contributed by atoms with Crippen molar-refractivity contribution in [1.82, 2.24) is 0 Å². The largest absolute Gasteiger partial charge is 0.480 e. The molecule has 0 saturated carbocycles. The van der Waals surface area contributed by atoms with Gasteiger partial charge in [-0.2, -0.15) is 0 Å². The zero-order valence-electron chi connectivity index (χ0n) is 6.92. The second-order valence-electron chi connectivity index (χ2n) is 2.59. The monoisotopic (exact) mass is 170 g/mol. The molecule has 12 heavy (non-hydrogen) atoms. The lowest BCUT2D eigenvalue weighted by molar-refractivity contribution is -0.141. The van der Waals surface area contributed by atoms with E-state index >= 15 is 0 Å². The fourth-order valence-corrected chi connectivity index (χ4v) is 0.818. The molecule has 0 radical (unpaired) electrons. The van der Waals surface area contributed by atoms with E-state index in [1.807, 2.05) is 0 Å². The highest BCUT2D eigenvalue weighted by atomic mass is 16.4. The van der Waals surface area contributed by atoms with Crippen LogP contribution in [0.5, 0.6) is 0 Å². The van der Waals surface area contributed by atoms with Crippen LogP contribution in [0, 0.1) is 0 Å². The minimum atomic E-state index is -1.36. The average molecular weight is 170 g/mol. The first kappa shape index (κ1) is 10.9. The SMILES string of the molecule is C=C=CC(N)(CCCN)C(=O)O. The molecular formula is C8H14N2O2. The van der Waals surface area contributed by atoms with Crippen LogP contribution in [0.25, 0.3) is 0 Å². The maximum Gasteiger partial charge on any atom is 0.328 e. The summed E-state index contributed by atoms with van der Waals surface area (Å²) >= 11 is 0. The van der Waals surface area contributed by atoms with Crippen molar-refractivity contribution in [2.75, 3.05) is 6.54 Å². The third-order valence-electron chi connectivity index (χ3n) is 1.55. The van der Waals surface area contributed by atoms with Gasteiger partial charge in [-0.1, -0.05) is 6.58 Å². The highest BCUT2D eigenvalue weighted by Crippen LogP contribution is 2.10. The number of hydrogen-bond donors (Lipinski definition) is 3. The molecule has 0 aliphatic rings. The molecule has 0 rings (SSSR count). The summed E-state index contributed by atoms with van der Waals surface area (Å²) in [5, 5.41) is 8.73. The van der Waals surface area contributed by atoms with Crippen LogP contribution in [0.4, 0.5) is 0 Å². The van der Waals surface area contributed by atoms with E-state index in [0.29, 0.717) is 19.4 Å². The summed E-state index contributed by atoms with van der Waals surface area (Å²) < 4.78 is 0. The van der Waals surface area contributed by atoms with Gasteiger partial charge in [-0.05, 0) is 25.5 Å². The summed E-state index contributed by atoms with van der Waals surface area (Å²) in [5.74, 6) is -1.08. The lowest BCUT2D eigenvalue weighted by atomic mass is 9.95. The lowest BCUT2D eigenvalue weighted by Crippen LogP contribution is -2.46. The number of hydrogen-bond acceptors (Lipinski definition) is 3. The Morgan fingerprint density at radius 2 is 2.33 bits per heavy atom. The van der Waals surface area contributed by atoms with Crippen LogP contribution in [-0.2, 0) is 4.79 Å². The van der Waals surface area contributed by atoms with Crippen molar-refractivity contribution in [3.05, 3.63) is 18.4 Å². The van der Waals surface area contributed by atoms with E-state index in [2.05, 4.69) is 12.3 Å². The van der Waals surface area contributed by atoms with Gasteiger partial charge in [0.2, 0.25) is 0 Å². The first-order chi connectivity index (χ1) is 5.56. The molecule has 0 aromatic carbocycles. The number of carbonyl (C=O) groups is 1. The summed E-state index contributed by atoms with van der Waals surface area (Å²) in [6.45, 7) is 3.71. The molecule has 4 heteroatoms. The van der Waals surface area contributed by atoms with Gasteiger partial charge in [-0.25, -0.2) is 4.79 Å². The fraction of sp³-hybridized carbons (Fsp3) is 0.500. The Balaban J connectivity index is 4.39. The highest BCUT2D eigenvalue weighted by Gasteiger charge is 2.29. The number of nitrogens with two attached hydrogens (primary N) is 2. The van der Waals surface area contributed by atoms with Crippen LogP contribution < -0.4 is 11.5 Å². The number of rotatable bonds is 5. The van der Waals surface area contributed by atoms with Gasteiger partial charge >= 0.3 is 5.97 Å². The van der Waals surface area contributed by atoms with Gasteiger partial charge in [0.15, 0.2) is 0 Å². The van der Waals surface area contributed by atoms with E-state index in [9.17, 15) is 4.79 Å². The van der Waals surface area contributed by atoms with E-state index in [-0.39, 0.29) is 0 Å². The van der Waals surface area contributed by atoms with Crippen LogP contribution in [0.2, 0.25) is 0 Å². The minimum Gasteiger partial charge on any atom is -0.480 e. The zero-order valence-corrected chi connectivity index (χ0v) is 6.92. The summed E-state index contributed by atoms with van der Waals surface area (Å²) in [6.07, 6.45) is 2.13. The van der Waals surface area contributed by atoms with Gasteiger partial charge in [-0.15, -0.1) is 5.73 Å². The van der Waals surface area contributed by atoms with Crippen molar-refractivity contribution in [2.24, 2.45) is 11.5 Å². The molecule has 0 aromatic heterocycles. The maximum atomic E-state index is 10.7. The quantitative estimate of drug-likeness (QED) is 0.500. The number of carboxylic acid groups (broad SMARTS) is 1.